The Morgan fingerprint density at radius 2 is 1.75 bits per heavy atom. The van der Waals surface area contributed by atoms with Gasteiger partial charge < -0.3 is 5.73 Å². The fraction of sp³-hybridized carbons (Fsp3) is 0.286. The zero-order valence-electron chi connectivity index (χ0n) is 8.99. The third-order valence-electron chi connectivity index (χ3n) is 3.63. The fourth-order valence-corrected chi connectivity index (χ4v) is 2.53. The number of rotatable bonds is 1. The van der Waals surface area contributed by atoms with E-state index < -0.39 is 0 Å². The van der Waals surface area contributed by atoms with E-state index in [4.69, 9.17) is 5.73 Å². The third kappa shape index (κ3) is 1.34. The molecule has 1 nitrogen and oxygen atoms in total. The monoisotopic (exact) mass is 215 g/mol. The maximum absolute atomic E-state index is 13.6. The van der Waals surface area contributed by atoms with Crippen molar-refractivity contribution < 1.29 is 4.39 Å². The van der Waals surface area contributed by atoms with E-state index in [-0.39, 0.29) is 11.9 Å². The maximum Gasteiger partial charge on any atom is 0.131 e. The van der Waals surface area contributed by atoms with Crippen molar-refractivity contribution in [3.63, 3.8) is 0 Å². The van der Waals surface area contributed by atoms with Crippen LogP contribution < -0.4 is 5.73 Å². The van der Waals surface area contributed by atoms with E-state index in [0.717, 1.165) is 18.2 Å². The Morgan fingerprint density at radius 3 is 2.44 bits per heavy atom. The summed E-state index contributed by atoms with van der Waals surface area (Å²) in [6.07, 6.45) is 2.20. The molecular weight excluding hydrogens is 201 g/mol. The van der Waals surface area contributed by atoms with Crippen LogP contribution in [0.3, 0.4) is 0 Å². The topological polar surface area (TPSA) is 26.0 Å². The number of fused-ring (bicyclic) bond motifs is 1. The lowest BCUT2D eigenvalue weighted by Crippen LogP contribution is -2.37. The first-order valence-corrected chi connectivity index (χ1v) is 5.70. The molecule has 0 spiro atoms. The minimum Gasteiger partial charge on any atom is -0.327 e. The van der Waals surface area contributed by atoms with Gasteiger partial charge >= 0.3 is 0 Å². The summed E-state index contributed by atoms with van der Waals surface area (Å²) in [7, 11) is 0. The second-order valence-corrected chi connectivity index (χ2v) is 4.53. The number of hydrogen-bond donors (Lipinski definition) is 1. The van der Waals surface area contributed by atoms with Gasteiger partial charge in [0, 0.05) is 11.4 Å². The van der Waals surface area contributed by atoms with Crippen LogP contribution in [0, 0.1) is 5.82 Å². The van der Waals surface area contributed by atoms with E-state index in [0.29, 0.717) is 11.3 Å². The predicted molar refractivity (Wildman–Crippen MR) is 63.9 cm³/mol. The van der Waals surface area contributed by atoms with Crippen LogP contribution in [-0.2, 0) is 0 Å². The smallest absolute Gasteiger partial charge is 0.131 e. The zero-order chi connectivity index (χ0) is 11.1. The molecule has 2 aromatic carbocycles. The van der Waals surface area contributed by atoms with Gasteiger partial charge in [-0.1, -0.05) is 30.3 Å². The number of nitrogens with two attached hydrogens (primary N) is 1. The lowest BCUT2D eigenvalue weighted by molar-refractivity contribution is 0.348. The molecule has 1 saturated carbocycles. The van der Waals surface area contributed by atoms with Crippen molar-refractivity contribution >= 4 is 10.8 Å². The van der Waals surface area contributed by atoms with Gasteiger partial charge in [-0.2, -0.15) is 0 Å². The number of halogens is 1. The third-order valence-corrected chi connectivity index (χ3v) is 3.63. The van der Waals surface area contributed by atoms with Crippen LogP contribution in [0.25, 0.3) is 10.8 Å². The molecule has 1 aliphatic rings. The molecule has 0 saturated heterocycles. The maximum atomic E-state index is 13.6. The molecule has 2 atom stereocenters. The number of benzene rings is 2. The Kier molecular flexibility index (Phi) is 2.18. The quantitative estimate of drug-likeness (QED) is 0.776. The molecule has 2 heteroatoms. The average molecular weight is 215 g/mol. The summed E-state index contributed by atoms with van der Waals surface area (Å²) in [5, 5.41) is 1.72. The highest BCUT2D eigenvalue weighted by Gasteiger charge is 2.29. The van der Waals surface area contributed by atoms with Crippen LogP contribution in [0.4, 0.5) is 4.39 Å². The zero-order valence-corrected chi connectivity index (χ0v) is 8.99. The van der Waals surface area contributed by atoms with Crippen molar-refractivity contribution in [3.05, 3.63) is 47.8 Å². The van der Waals surface area contributed by atoms with Gasteiger partial charge in [0.05, 0.1) is 0 Å². The van der Waals surface area contributed by atoms with Crippen molar-refractivity contribution in [1.29, 1.82) is 0 Å². The lowest BCUT2D eigenvalue weighted by atomic mass is 9.74. The highest BCUT2D eigenvalue weighted by Crippen LogP contribution is 2.39. The minimum absolute atomic E-state index is 0.146. The van der Waals surface area contributed by atoms with Gasteiger partial charge in [0.2, 0.25) is 0 Å². The second kappa shape index (κ2) is 3.56. The highest BCUT2D eigenvalue weighted by atomic mass is 19.1. The van der Waals surface area contributed by atoms with Crippen LogP contribution >= 0.6 is 0 Å². The molecule has 1 fully saturated rings. The van der Waals surface area contributed by atoms with E-state index in [2.05, 4.69) is 6.07 Å². The van der Waals surface area contributed by atoms with Crippen LogP contribution in [-0.4, -0.2) is 6.04 Å². The molecule has 1 aliphatic carbocycles. The second-order valence-electron chi connectivity index (χ2n) is 4.53. The van der Waals surface area contributed by atoms with Gasteiger partial charge in [0.25, 0.3) is 0 Å². The summed E-state index contributed by atoms with van der Waals surface area (Å²) < 4.78 is 13.6. The van der Waals surface area contributed by atoms with Gasteiger partial charge in [-0.05, 0) is 35.8 Å². The fourth-order valence-electron chi connectivity index (χ4n) is 2.53. The van der Waals surface area contributed by atoms with Gasteiger partial charge in [0.15, 0.2) is 0 Å². The molecule has 16 heavy (non-hydrogen) atoms. The normalized spacial score (nSPS) is 24.4. The van der Waals surface area contributed by atoms with Crippen LogP contribution in [0.2, 0.25) is 0 Å². The molecule has 0 radical (unpaired) electrons. The molecule has 2 aromatic rings. The van der Waals surface area contributed by atoms with Crippen molar-refractivity contribution in [2.24, 2.45) is 5.73 Å². The molecule has 3 rings (SSSR count). The summed E-state index contributed by atoms with van der Waals surface area (Å²) in [5.41, 5.74) is 7.19. The summed E-state index contributed by atoms with van der Waals surface area (Å²) in [4.78, 5) is 0. The van der Waals surface area contributed by atoms with E-state index in [1.165, 1.54) is 11.6 Å². The SMILES string of the molecule is N[C@H]1CC[C@H]1c1cccc2c(F)cccc12. The van der Waals surface area contributed by atoms with Crippen LogP contribution in [0.5, 0.6) is 0 Å². The molecule has 2 N–H and O–H groups in total. The molecular formula is C14H14FN. The largest absolute Gasteiger partial charge is 0.327 e. The first-order chi connectivity index (χ1) is 7.77. The number of hydrogen-bond acceptors (Lipinski definition) is 1. The molecule has 0 amide bonds. The average Bonchev–Trinajstić information content (AvgIpc) is 2.29. The van der Waals surface area contributed by atoms with E-state index in [9.17, 15) is 4.39 Å². The van der Waals surface area contributed by atoms with E-state index in [1.807, 2.05) is 18.2 Å². The molecule has 0 heterocycles. The highest BCUT2D eigenvalue weighted by molar-refractivity contribution is 5.86. The first-order valence-electron chi connectivity index (χ1n) is 5.70. The van der Waals surface area contributed by atoms with Gasteiger partial charge in [-0.3, -0.25) is 0 Å². The standard InChI is InChI=1S/C14H14FN/c15-13-6-2-4-9-10(3-1-5-11(9)13)12-7-8-14(12)16/h1-6,12,14H,7-8,16H2/t12-,14-/m0/s1. The van der Waals surface area contributed by atoms with Crippen molar-refractivity contribution in [3.8, 4) is 0 Å². The summed E-state index contributed by atoms with van der Waals surface area (Å²) in [6, 6.07) is 11.3. The molecule has 0 bridgehead atoms. The van der Waals surface area contributed by atoms with Gasteiger partial charge in [-0.25, -0.2) is 4.39 Å². The molecule has 82 valence electrons. The van der Waals surface area contributed by atoms with Gasteiger partial charge in [0.1, 0.15) is 5.82 Å². The summed E-state index contributed by atoms with van der Waals surface area (Å²) in [5.74, 6) is 0.262. The minimum atomic E-state index is -0.146. The predicted octanol–water partition coefficient (Wildman–Crippen LogP) is 3.18. The Morgan fingerprint density at radius 1 is 1.00 bits per heavy atom. The lowest BCUT2D eigenvalue weighted by Gasteiger charge is -2.34. The Hall–Kier alpha value is -1.41. The van der Waals surface area contributed by atoms with Crippen molar-refractivity contribution in [2.75, 3.05) is 0 Å². The molecule has 0 unspecified atom stereocenters. The Labute approximate surface area is 94.1 Å². The molecule has 0 aromatic heterocycles. The van der Waals surface area contributed by atoms with E-state index in [1.54, 1.807) is 6.07 Å². The van der Waals surface area contributed by atoms with Crippen molar-refractivity contribution in [2.45, 2.75) is 24.8 Å². The van der Waals surface area contributed by atoms with Crippen LogP contribution in [0.1, 0.15) is 24.3 Å². The molecule has 0 aliphatic heterocycles. The first kappa shape index (κ1) is 9.79. The summed E-state index contributed by atoms with van der Waals surface area (Å²) in [6.45, 7) is 0. The van der Waals surface area contributed by atoms with E-state index >= 15 is 0 Å². The van der Waals surface area contributed by atoms with Crippen molar-refractivity contribution in [1.82, 2.24) is 0 Å². The van der Waals surface area contributed by atoms with Gasteiger partial charge in [-0.15, -0.1) is 0 Å². The summed E-state index contributed by atoms with van der Waals surface area (Å²) >= 11 is 0. The van der Waals surface area contributed by atoms with Crippen LogP contribution in [0.15, 0.2) is 36.4 Å². The Bertz CT molecular complexity index is 535. The Balaban J connectivity index is 2.21.